The molecule has 1 aliphatic rings. The lowest BCUT2D eigenvalue weighted by Gasteiger charge is -2.28. The van der Waals surface area contributed by atoms with Crippen molar-refractivity contribution in [3.8, 4) is 17.1 Å². The topological polar surface area (TPSA) is 76.5 Å². The third kappa shape index (κ3) is 6.62. The third-order valence-corrected chi connectivity index (χ3v) is 6.03. The minimum absolute atomic E-state index is 0.180. The number of nitrogens with zero attached hydrogens (tertiary/aromatic N) is 2. The third-order valence-electron chi connectivity index (χ3n) is 5.81. The molecule has 1 saturated heterocycles. The molecule has 2 N–H and O–H groups in total. The van der Waals surface area contributed by atoms with Crippen LogP contribution in [0.2, 0.25) is 5.02 Å². The molecule has 0 aliphatic carbocycles. The summed E-state index contributed by atoms with van der Waals surface area (Å²) in [5.74, 6) is 2.42. The van der Waals surface area contributed by atoms with Crippen molar-refractivity contribution in [2.24, 2.45) is 5.92 Å². The summed E-state index contributed by atoms with van der Waals surface area (Å²) in [6.45, 7) is 8.81. The van der Waals surface area contributed by atoms with Crippen LogP contribution in [0.5, 0.6) is 5.75 Å². The van der Waals surface area contributed by atoms with E-state index in [0.717, 1.165) is 43.0 Å². The smallest absolute Gasteiger partial charge is 0.159 e. The summed E-state index contributed by atoms with van der Waals surface area (Å²) in [5.41, 5.74) is 2.90. The zero-order chi connectivity index (χ0) is 22.4. The van der Waals surface area contributed by atoms with Crippen LogP contribution >= 0.6 is 11.6 Å². The van der Waals surface area contributed by atoms with Gasteiger partial charge < -0.3 is 19.9 Å². The summed E-state index contributed by atoms with van der Waals surface area (Å²) < 4.78 is 11.3. The SMILES string of the molecule is CNCC(O)COc1cc(Cl)cc(-c2nc(C(C)C)cc(C(C)C3CCOCC3)n2)c1. The molecule has 1 fully saturated rings. The normalized spacial score (nSPS) is 17.0. The van der Waals surface area contributed by atoms with E-state index < -0.39 is 6.10 Å². The molecule has 1 aromatic heterocycles. The fourth-order valence-electron chi connectivity index (χ4n) is 3.86. The molecule has 0 spiro atoms. The van der Waals surface area contributed by atoms with E-state index in [-0.39, 0.29) is 12.5 Å². The van der Waals surface area contributed by atoms with Gasteiger partial charge in [-0.3, -0.25) is 0 Å². The van der Waals surface area contributed by atoms with Gasteiger partial charge in [-0.25, -0.2) is 9.97 Å². The Labute approximate surface area is 190 Å². The highest BCUT2D eigenvalue weighted by Gasteiger charge is 2.24. The van der Waals surface area contributed by atoms with Crippen molar-refractivity contribution >= 4 is 11.6 Å². The fraction of sp³-hybridized carbons (Fsp3) is 0.583. The van der Waals surface area contributed by atoms with E-state index in [2.05, 4.69) is 32.2 Å². The zero-order valence-electron chi connectivity index (χ0n) is 18.9. The van der Waals surface area contributed by atoms with Crippen LogP contribution in [-0.2, 0) is 4.74 Å². The van der Waals surface area contributed by atoms with Crippen molar-refractivity contribution in [2.45, 2.75) is 51.6 Å². The lowest BCUT2D eigenvalue weighted by atomic mass is 9.84. The highest BCUT2D eigenvalue weighted by atomic mass is 35.5. The quantitative estimate of drug-likeness (QED) is 0.593. The molecule has 6 nitrogen and oxygen atoms in total. The standard InChI is InChI=1S/C24H34ClN3O3/c1-15(2)22-12-23(16(3)17-5-7-30-8-6-17)28-24(27-22)18-9-19(25)11-21(10-18)31-14-20(29)13-26-4/h9-12,15-17,20,26,29H,5-8,13-14H2,1-4H3. The monoisotopic (exact) mass is 447 g/mol. The first-order chi connectivity index (χ1) is 14.9. The summed E-state index contributed by atoms with van der Waals surface area (Å²) in [7, 11) is 1.79. The number of benzene rings is 1. The maximum absolute atomic E-state index is 9.93. The number of aromatic nitrogens is 2. The molecular weight excluding hydrogens is 414 g/mol. The van der Waals surface area contributed by atoms with Crippen LogP contribution < -0.4 is 10.1 Å². The minimum atomic E-state index is -0.597. The van der Waals surface area contributed by atoms with Gasteiger partial charge in [0.1, 0.15) is 18.5 Å². The Balaban J connectivity index is 1.91. The summed E-state index contributed by atoms with van der Waals surface area (Å²) in [6, 6.07) is 7.64. The number of rotatable bonds is 9. The van der Waals surface area contributed by atoms with Crippen LogP contribution in [0.1, 0.15) is 56.8 Å². The van der Waals surface area contributed by atoms with Crippen LogP contribution in [-0.4, -0.2) is 54.6 Å². The molecule has 31 heavy (non-hydrogen) atoms. The van der Waals surface area contributed by atoms with Crippen LogP contribution in [0.25, 0.3) is 11.4 Å². The van der Waals surface area contributed by atoms with Crippen LogP contribution in [0.4, 0.5) is 0 Å². The van der Waals surface area contributed by atoms with Gasteiger partial charge in [0.2, 0.25) is 0 Å². The molecule has 7 heteroatoms. The number of hydrogen-bond acceptors (Lipinski definition) is 6. The zero-order valence-corrected chi connectivity index (χ0v) is 19.7. The van der Waals surface area contributed by atoms with Crippen molar-refractivity contribution in [1.82, 2.24) is 15.3 Å². The molecule has 1 aromatic carbocycles. The number of aliphatic hydroxyl groups is 1. The molecule has 0 bridgehead atoms. The second kappa shape index (κ2) is 11.2. The number of aliphatic hydroxyl groups excluding tert-OH is 1. The summed E-state index contributed by atoms with van der Waals surface area (Å²) in [5, 5.41) is 13.4. The Morgan fingerprint density at radius 3 is 2.52 bits per heavy atom. The Hall–Kier alpha value is -1.73. The molecule has 170 valence electrons. The highest BCUT2D eigenvalue weighted by molar-refractivity contribution is 6.31. The van der Waals surface area contributed by atoms with E-state index in [9.17, 15) is 5.11 Å². The van der Waals surface area contributed by atoms with Gasteiger partial charge in [0.15, 0.2) is 5.82 Å². The molecule has 2 unspecified atom stereocenters. The van der Waals surface area contributed by atoms with Crippen molar-refractivity contribution < 1.29 is 14.6 Å². The molecule has 2 aromatic rings. The number of halogens is 1. The van der Waals surface area contributed by atoms with E-state index in [4.69, 9.17) is 31.0 Å². The van der Waals surface area contributed by atoms with Gasteiger partial charge in [-0.2, -0.15) is 0 Å². The molecule has 2 atom stereocenters. The molecule has 0 amide bonds. The first-order valence-electron chi connectivity index (χ1n) is 11.1. The van der Waals surface area contributed by atoms with Gasteiger partial charge in [0.05, 0.1) is 0 Å². The number of likely N-dealkylation sites (N-methyl/N-ethyl adjacent to an activating group) is 1. The molecule has 0 radical (unpaired) electrons. The summed E-state index contributed by atoms with van der Waals surface area (Å²) in [4.78, 5) is 9.77. The summed E-state index contributed by atoms with van der Waals surface area (Å²) in [6.07, 6.45) is 1.52. The predicted molar refractivity (Wildman–Crippen MR) is 124 cm³/mol. The van der Waals surface area contributed by atoms with Crippen LogP contribution in [0, 0.1) is 5.92 Å². The second-order valence-corrected chi connectivity index (χ2v) is 9.07. The maximum Gasteiger partial charge on any atom is 0.159 e. The van der Waals surface area contributed by atoms with E-state index in [0.29, 0.717) is 35.0 Å². The first-order valence-corrected chi connectivity index (χ1v) is 11.5. The van der Waals surface area contributed by atoms with E-state index in [1.807, 2.05) is 12.1 Å². The molecule has 1 aliphatic heterocycles. The highest BCUT2D eigenvalue weighted by Crippen LogP contribution is 2.34. The number of hydrogen-bond donors (Lipinski definition) is 2. The Bertz CT molecular complexity index is 856. The van der Waals surface area contributed by atoms with E-state index >= 15 is 0 Å². The Morgan fingerprint density at radius 2 is 1.84 bits per heavy atom. The average molecular weight is 448 g/mol. The average Bonchev–Trinajstić information content (AvgIpc) is 2.77. The number of ether oxygens (including phenoxy) is 2. The Morgan fingerprint density at radius 1 is 1.13 bits per heavy atom. The predicted octanol–water partition coefficient (Wildman–Crippen LogP) is 4.41. The van der Waals surface area contributed by atoms with E-state index in [1.165, 1.54) is 0 Å². The van der Waals surface area contributed by atoms with Gasteiger partial charge in [0.25, 0.3) is 0 Å². The number of nitrogens with one attached hydrogen (secondary N) is 1. The molecule has 2 heterocycles. The first kappa shape index (κ1) is 23.9. The molecule has 0 saturated carbocycles. The molecular formula is C24H34ClN3O3. The van der Waals surface area contributed by atoms with Gasteiger partial charge in [-0.1, -0.05) is 32.4 Å². The van der Waals surface area contributed by atoms with Crippen LogP contribution in [0.15, 0.2) is 24.3 Å². The van der Waals surface area contributed by atoms with Crippen molar-refractivity contribution in [1.29, 1.82) is 0 Å². The van der Waals surface area contributed by atoms with Crippen molar-refractivity contribution in [3.63, 3.8) is 0 Å². The minimum Gasteiger partial charge on any atom is -0.491 e. The maximum atomic E-state index is 9.93. The van der Waals surface area contributed by atoms with Crippen molar-refractivity contribution in [2.75, 3.05) is 33.4 Å². The largest absolute Gasteiger partial charge is 0.491 e. The van der Waals surface area contributed by atoms with Crippen LogP contribution in [0.3, 0.4) is 0 Å². The van der Waals surface area contributed by atoms with Gasteiger partial charge in [-0.15, -0.1) is 0 Å². The molecule has 3 rings (SSSR count). The lowest BCUT2D eigenvalue weighted by Crippen LogP contribution is -2.29. The van der Waals surface area contributed by atoms with Gasteiger partial charge >= 0.3 is 0 Å². The summed E-state index contributed by atoms with van der Waals surface area (Å²) >= 11 is 6.38. The Kier molecular flexibility index (Phi) is 8.67. The van der Waals surface area contributed by atoms with E-state index in [1.54, 1.807) is 13.1 Å². The van der Waals surface area contributed by atoms with Crippen molar-refractivity contribution in [3.05, 3.63) is 40.7 Å². The van der Waals surface area contributed by atoms with Gasteiger partial charge in [0, 0.05) is 47.7 Å². The van der Waals surface area contributed by atoms with Gasteiger partial charge in [-0.05, 0) is 56.0 Å². The lowest BCUT2D eigenvalue weighted by molar-refractivity contribution is 0.0592. The fourth-order valence-corrected chi connectivity index (χ4v) is 4.09. The second-order valence-electron chi connectivity index (χ2n) is 8.63.